The Morgan fingerprint density at radius 1 is 1.50 bits per heavy atom. The van der Waals surface area contributed by atoms with Crippen LogP contribution < -0.4 is 5.73 Å². The van der Waals surface area contributed by atoms with Gasteiger partial charge in [0.2, 0.25) is 0 Å². The molecule has 0 fully saturated rings. The fourth-order valence-corrected chi connectivity index (χ4v) is 1.13. The molecule has 2 aromatic rings. The fourth-order valence-electron chi connectivity index (χ4n) is 1.13. The van der Waals surface area contributed by atoms with Crippen LogP contribution in [-0.2, 0) is 0 Å². The number of carboxylic acid groups (broad SMARTS) is 1. The minimum absolute atomic E-state index is 0.130. The van der Waals surface area contributed by atoms with E-state index >= 15 is 0 Å². The second-order valence-electron chi connectivity index (χ2n) is 2.96. The molecule has 3 N–H and O–H groups in total. The standard InChI is InChI=1S/C9H6FN3O3/c10-4-1-2-6(11)5(3-4)8-12-7(9(14)15)13-16-8/h1-3H,11H2,(H,14,15). The van der Waals surface area contributed by atoms with Gasteiger partial charge in [-0.2, -0.15) is 4.98 Å². The van der Waals surface area contributed by atoms with E-state index in [1.165, 1.54) is 12.1 Å². The van der Waals surface area contributed by atoms with Gasteiger partial charge in [0.25, 0.3) is 11.7 Å². The zero-order valence-electron chi connectivity index (χ0n) is 7.85. The van der Waals surface area contributed by atoms with Gasteiger partial charge < -0.3 is 15.4 Å². The summed E-state index contributed by atoms with van der Waals surface area (Å²) in [6.07, 6.45) is 0. The SMILES string of the molecule is Nc1ccc(F)cc1-c1nc(C(=O)O)no1. The van der Waals surface area contributed by atoms with Gasteiger partial charge in [0.1, 0.15) is 5.82 Å². The molecule has 2 rings (SSSR count). The number of carbonyl (C=O) groups is 1. The average Bonchev–Trinajstić information content (AvgIpc) is 2.70. The predicted octanol–water partition coefficient (Wildman–Crippen LogP) is 1.16. The zero-order chi connectivity index (χ0) is 11.7. The summed E-state index contributed by atoms with van der Waals surface area (Å²) in [6, 6.07) is 3.59. The molecule has 0 aliphatic heterocycles. The van der Waals surface area contributed by atoms with Gasteiger partial charge in [-0.1, -0.05) is 0 Å². The minimum atomic E-state index is -1.33. The van der Waals surface area contributed by atoms with Gasteiger partial charge in [0.05, 0.1) is 5.56 Å². The van der Waals surface area contributed by atoms with Crippen LogP contribution in [0.25, 0.3) is 11.5 Å². The number of halogens is 1. The molecule has 0 saturated carbocycles. The summed E-state index contributed by atoms with van der Waals surface area (Å²) < 4.78 is 17.6. The smallest absolute Gasteiger partial charge is 0.377 e. The molecule has 0 bridgehead atoms. The van der Waals surface area contributed by atoms with Crippen LogP contribution in [-0.4, -0.2) is 21.2 Å². The molecule has 1 aromatic carbocycles. The number of anilines is 1. The van der Waals surface area contributed by atoms with E-state index in [0.29, 0.717) is 0 Å². The third-order valence-corrected chi connectivity index (χ3v) is 1.86. The molecule has 1 heterocycles. The number of benzene rings is 1. The monoisotopic (exact) mass is 223 g/mol. The molecule has 0 radical (unpaired) electrons. The molecule has 0 aliphatic carbocycles. The molecule has 0 aliphatic rings. The minimum Gasteiger partial charge on any atom is -0.475 e. The van der Waals surface area contributed by atoms with E-state index in [1.807, 2.05) is 0 Å². The number of carboxylic acids is 1. The lowest BCUT2D eigenvalue weighted by molar-refractivity contribution is 0.0680. The molecule has 0 spiro atoms. The number of aromatic carboxylic acids is 1. The summed E-state index contributed by atoms with van der Waals surface area (Å²) in [7, 11) is 0. The second kappa shape index (κ2) is 3.61. The predicted molar refractivity (Wildman–Crippen MR) is 51.1 cm³/mol. The lowest BCUT2D eigenvalue weighted by Crippen LogP contribution is -1.98. The topological polar surface area (TPSA) is 102 Å². The van der Waals surface area contributed by atoms with E-state index < -0.39 is 17.6 Å². The van der Waals surface area contributed by atoms with Crippen molar-refractivity contribution < 1.29 is 18.8 Å². The number of rotatable bonds is 2. The highest BCUT2D eigenvalue weighted by Crippen LogP contribution is 2.24. The Labute approximate surface area is 88.5 Å². The van der Waals surface area contributed by atoms with E-state index in [-0.39, 0.29) is 17.1 Å². The second-order valence-corrected chi connectivity index (χ2v) is 2.96. The van der Waals surface area contributed by atoms with Gasteiger partial charge in [-0.3, -0.25) is 0 Å². The summed E-state index contributed by atoms with van der Waals surface area (Å²) >= 11 is 0. The molecule has 0 amide bonds. The van der Waals surface area contributed by atoms with Crippen LogP contribution in [0.4, 0.5) is 10.1 Å². The van der Waals surface area contributed by atoms with Crippen molar-refractivity contribution in [3.8, 4) is 11.5 Å². The largest absolute Gasteiger partial charge is 0.475 e. The molecule has 1 aromatic heterocycles. The highest BCUT2D eigenvalue weighted by molar-refractivity contribution is 5.83. The summed E-state index contributed by atoms with van der Waals surface area (Å²) in [6.45, 7) is 0. The number of hydrogen-bond donors (Lipinski definition) is 2. The van der Waals surface area contributed by atoms with Crippen molar-refractivity contribution in [3.05, 3.63) is 29.8 Å². The van der Waals surface area contributed by atoms with Gasteiger partial charge in [-0.05, 0) is 23.4 Å². The van der Waals surface area contributed by atoms with Gasteiger partial charge in [-0.15, -0.1) is 0 Å². The Hall–Kier alpha value is -2.44. The van der Waals surface area contributed by atoms with Crippen LogP contribution >= 0.6 is 0 Å². The van der Waals surface area contributed by atoms with E-state index in [1.54, 1.807) is 0 Å². The molecule has 0 saturated heterocycles. The molecule has 7 heteroatoms. The first kappa shape index (κ1) is 10.1. The van der Waals surface area contributed by atoms with Gasteiger partial charge in [0.15, 0.2) is 0 Å². The first-order valence-electron chi connectivity index (χ1n) is 4.20. The van der Waals surface area contributed by atoms with Crippen LogP contribution in [0.2, 0.25) is 0 Å². The summed E-state index contributed by atoms with van der Waals surface area (Å²) in [5.41, 5.74) is 5.96. The third kappa shape index (κ3) is 1.70. The van der Waals surface area contributed by atoms with Crippen LogP contribution in [0.3, 0.4) is 0 Å². The Bertz CT molecular complexity index is 553. The molecule has 82 valence electrons. The van der Waals surface area contributed by atoms with Crippen molar-refractivity contribution in [1.29, 1.82) is 0 Å². The van der Waals surface area contributed by atoms with Gasteiger partial charge in [0, 0.05) is 5.69 Å². The quantitative estimate of drug-likeness (QED) is 0.740. The number of aromatic nitrogens is 2. The Morgan fingerprint density at radius 3 is 2.88 bits per heavy atom. The van der Waals surface area contributed by atoms with Crippen LogP contribution in [0.1, 0.15) is 10.6 Å². The molecular weight excluding hydrogens is 217 g/mol. The van der Waals surface area contributed by atoms with Crippen LogP contribution in [0.5, 0.6) is 0 Å². The Kier molecular flexibility index (Phi) is 2.28. The number of hydrogen-bond acceptors (Lipinski definition) is 5. The maximum Gasteiger partial charge on any atom is 0.377 e. The van der Waals surface area contributed by atoms with Crippen molar-refractivity contribution in [2.75, 3.05) is 5.73 Å². The van der Waals surface area contributed by atoms with E-state index in [0.717, 1.165) is 6.07 Å². The Balaban J connectivity index is 2.50. The first-order valence-corrected chi connectivity index (χ1v) is 4.20. The Morgan fingerprint density at radius 2 is 2.25 bits per heavy atom. The number of nitrogen functional groups attached to an aromatic ring is 1. The molecule has 16 heavy (non-hydrogen) atoms. The number of nitrogens with zero attached hydrogens (tertiary/aromatic N) is 2. The lowest BCUT2D eigenvalue weighted by Gasteiger charge is -1.99. The first-order chi connectivity index (χ1) is 7.58. The summed E-state index contributed by atoms with van der Waals surface area (Å²) in [5.74, 6) is -2.49. The molecular formula is C9H6FN3O3. The van der Waals surface area contributed by atoms with Gasteiger partial charge in [-0.25, -0.2) is 9.18 Å². The van der Waals surface area contributed by atoms with Gasteiger partial charge >= 0.3 is 5.97 Å². The van der Waals surface area contributed by atoms with Crippen molar-refractivity contribution in [1.82, 2.24) is 10.1 Å². The highest BCUT2D eigenvalue weighted by Gasteiger charge is 2.16. The maximum atomic E-state index is 12.9. The average molecular weight is 223 g/mol. The van der Waals surface area contributed by atoms with E-state index in [9.17, 15) is 9.18 Å². The van der Waals surface area contributed by atoms with E-state index in [2.05, 4.69) is 14.7 Å². The van der Waals surface area contributed by atoms with Crippen molar-refractivity contribution in [2.45, 2.75) is 0 Å². The summed E-state index contributed by atoms with van der Waals surface area (Å²) in [4.78, 5) is 14.1. The fraction of sp³-hybridized carbons (Fsp3) is 0. The van der Waals surface area contributed by atoms with Crippen molar-refractivity contribution in [2.24, 2.45) is 0 Å². The molecule has 0 atom stereocenters. The van der Waals surface area contributed by atoms with Crippen molar-refractivity contribution >= 4 is 11.7 Å². The summed E-state index contributed by atoms with van der Waals surface area (Å²) in [5, 5.41) is 11.8. The molecule has 0 unspecified atom stereocenters. The third-order valence-electron chi connectivity index (χ3n) is 1.86. The van der Waals surface area contributed by atoms with E-state index in [4.69, 9.17) is 10.8 Å². The van der Waals surface area contributed by atoms with Crippen LogP contribution in [0.15, 0.2) is 22.7 Å². The van der Waals surface area contributed by atoms with Crippen molar-refractivity contribution in [3.63, 3.8) is 0 Å². The highest BCUT2D eigenvalue weighted by atomic mass is 19.1. The van der Waals surface area contributed by atoms with Crippen LogP contribution in [0, 0.1) is 5.82 Å². The normalized spacial score (nSPS) is 10.3. The zero-order valence-corrected chi connectivity index (χ0v) is 7.85. The molecule has 6 nitrogen and oxygen atoms in total. The maximum absolute atomic E-state index is 12.9. The lowest BCUT2D eigenvalue weighted by atomic mass is 10.2. The number of nitrogens with two attached hydrogens (primary N) is 1.